The zero-order valence-corrected chi connectivity index (χ0v) is 47.9. The van der Waals surface area contributed by atoms with E-state index >= 15 is 0 Å². The molecule has 0 unspecified atom stereocenters. The van der Waals surface area contributed by atoms with Gasteiger partial charge in [-0.1, -0.05) is 246 Å². The summed E-state index contributed by atoms with van der Waals surface area (Å²) in [5.74, 6) is -0.979. The zero-order chi connectivity index (χ0) is 52.9. The second-order valence-corrected chi connectivity index (χ2v) is 20.2. The lowest BCUT2D eigenvalue weighted by Crippen LogP contribution is -2.30. The first-order chi connectivity index (χ1) is 36.0. The molecular weight excluding hydrogens is 901 g/mol. The fraction of sp³-hybridized carbons (Fsp3) is 0.716. The molecule has 418 valence electrons. The van der Waals surface area contributed by atoms with Crippen molar-refractivity contribution in [2.45, 2.75) is 297 Å². The van der Waals surface area contributed by atoms with E-state index in [1.165, 1.54) is 154 Å². The lowest BCUT2D eigenvalue weighted by molar-refractivity contribution is -0.167. The maximum absolute atomic E-state index is 12.9. The van der Waals surface area contributed by atoms with E-state index in [4.69, 9.17) is 14.2 Å². The Balaban J connectivity index is 4.47. The van der Waals surface area contributed by atoms with E-state index in [1.807, 2.05) is 0 Å². The maximum atomic E-state index is 12.9. The van der Waals surface area contributed by atoms with Crippen molar-refractivity contribution in [3.8, 4) is 0 Å². The van der Waals surface area contributed by atoms with Crippen molar-refractivity contribution in [3.63, 3.8) is 0 Å². The monoisotopic (exact) mass is 1010 g/mol. The smallest absolute Gasteiger partial charge is 0.306 e. The molecule has 0 saturated carbocycles. The van der Waals surface area contributed by atoms with Gasteiger partial charge < -0.3 is 14.2 Å². The van der Waals surface area contributed by atoms with E-state index < -0.39 is 6.10 Å². The van der Waals surface area contributed by atoms with Crippen LogP contribution in [0.4, 0.5) is 0 Å². The number of hydrogen-bond acceptors (Lipinski definition) is 6. The Kier molecular flexibility index (Phi) is 57.8. The lowest BCUT2D eigenvalue weighted by Gasteiger charge is -2.18. The van der Waals surface area contributed by atoms with Crippen molar-refractivity contribution in [3.05, 3.63) is 97.2 Å². The summed E-state index contributed by atoms with van der Waals surface area (Å²) < 4.78 is 16.8. The molecule has 0 aliphatic heterocycles. The predicted octanol–water partition coefficient (Wildman–Crippen LogP) is 20.9. The quantitative estimate of drug-likeness (QED) is 0.0261. The van der Waals surface area contributed by atoms with E-state index in [9.17, 15) is 14.4 Å². The number of carbonyl (C=O) groups excluding carboxylic acids is 3. The van der Waals surface area contributed by atoms with Crippen LogP contribution in [0.25, 0.3) is 0 Å². The van der Waals surface area contributed by atoms with Crippen molar-refractivity contribution < 1.29 is 28.6 Å². The first-order valence-electron chi connectivity index (χ1n) is 30.7. The second-order valence-electron chi connectivity index (χ2n) is 20.2. The van der Waals surface area contributed by atoms with Crippen LogP contribution in [0.3, 0.4) is 0 Å². The van der Waals surface area contributed by atoms with Gasteiger partial charge in [0.15, 0.2) is 6.10 Å². The number of hydrogen-bond donors (Lipinski definition) is 0. The highest BCUT2D eigenvalue weighted by atomic mass is 16.6. The number of carbonyl (C=O) groups is 3. The van der Waals surface area contributed by atoms with E-state index in [-0.39, 0.29) is 37.5 Å². The van der Waals surface area contributed by atoms with Crippen molar-refractivity contribution >= 4 is 17.9 Å². The van der Waals surface area contributed by atoms with Gasteiger partial charge in [-0.2, -0.15) is 0 Å². The minimum absolute atomic E-state index is 0.104. The van der Waals surface area contributed by atoms with Crippen molar-refractivity contribution in [1.82, 2.24) is 0 Å². The summed E-state index contributed by atoms with van der Waals surface area (Å²) in [4.78, 5) is 38.2. The van der Waals surface area contributed by atoms with Gasteiger partial charge in [0, 0.05) is 19.3 Å². The molecule has 0 saturated heterocycles. The number of esters is 3. The van der Waals surface area contributed by atoms with Crippen LogP contribution in [0.1, 0.15) is 290 Å². The molecule has 0 aromatic carbocycles. The average Bonchev–Trinajstić information content (AvgIpc) is 3.39. The Labute approximate surface area is 451 Å². The molecule has 0 fully saturated rings. The molecule has 0 aliphatic carbocycles. The van der Waals surface area contributed by atoms with E-state index in [0.717, 1.165) is 89.9 Å². The lowest BCUT2D eigenvalue weighted by atomic mass is 10.0. The summed E-state index contributed by atoms with van der Waals surface area (Å²) in [5, 5.41) is 0. The standard InChI is InChI=1S/C67H114O6/c1-4-7-10-13-16-19-22-25-28-31-32-33-34-37-39-42-45-48-51-54-57-60-66(69)72-63-64(73-67(70)61-58-55-52-49-46-43-40-36-30-27-24-21-18-15-12-9-6-3)62-71-65(68)59-56-53-50-47-44-41-38-35-29-26-23-20-17-14-11-8-5-2/h17-18,20-21,25-30,38,40-41,43,47,50,64H,4-16,19,22-24,31-37,39,42,44-46,48-49,51-63H2,1-3H3/b20-17-,21-18-,28-25-,29-26-,30-27-,41-38-,43-40-,50-47-/t64-/m1/s1. The third-order valence-electron chi connectivity index (χ3n) is 13.0. The summed E-state index contributed by atoms with van der Waals surface area (Å²) in [7, 11) is 0. The topological polar surface area (TPSA) is 78.9 Å². The number of unbranched alkanes of at least 4 members (excludes halogenated alkanes) is 28. The Morgan fingerprint density at radius 2 is 0.507 bits per heavy atom. The van der Waals surface area contributed by atoms with E-state index in [0.29, 0.717) is 19.3 Å². The molecule has 1 atom stereocenters. The molecule has 0 amide bonds. The van der Waals surface area contributed by atoms with Crippen LogP contribution in [0.2, 0.25) is 0 Å². The van der Waals surface area contributed by atoms with Gasteiger partial charge >= 0.3 is 17.9 Å². The minimum atomic E-state index is -0.813. The highest BCUT2D eigenvalue weighted by Gasteiger charge is 2.19. The van der Waals surface area contributed by atoms with Crippen LogP contribution in [-0.4, -0.2) is 37.2 Å². The van der Waals surface area contributed by atoms with Gasteiger partial charge in [0.25, 0.3) is 0 Å². The SMILES string of the molecule is CCCCC/C=C\C/C=C\C/C=C\C/C=C\CCCC(=O)OC[C@H](COC(=O)CCCCCCCCCCCCC/C=C\CCCCCCCC)OC(=O)CCCCCC/C=C\C/C=C\C/C=C\CCCCC. The summed E-state index contributed by atoms with van der Waals surface area (Å²) >= 11 is 0. The van der Waals surface area contributed by atoms with Crippen LogP contribution >= 0.6 is 0 Å². The fourth-order valence-corrected chi connectivity index (χ4v) is 8.38. The highest BCUT2D eigenvalue weighted by Crippen LogP contribution is 2.15. The molecular formula is C67H114O6. The van der Waals surface area contributed by atoms with Crippen molar-refractivity contribution in [2.24, 2.45) is 0 Å². The fourth-order valence-electron chi connectivity index (χ4n) is 8.38. The first-order valence-corrected chi connectivity index (χ1v) is 30.7. The maximum Gasteiger partial charge on any atom is 0.306 e. The molecule has 0 rings (SSSR count). The van der Waals surface area contributed by atoms with Crippen molar-refractivity contribution in [2.75, 3.05) is 13.2 Å². The van der Waals surface area contributed by atoms with Crippen LogP contribution in [0.15, 0.2) is 97.2 Å². The van der Waals surface area contributed by atoms with Gasteiger partial charge in [-0.15, -0.1) is 0 Å². The van der Waals surface area contributed by atoms with Gasteiger partial charge in [0.2, 0.25) is 0 Å². The molecule has 0 heterocycles. The summed E-state index contributed by atoms with van der Waals surface area (Å²) in [6.07, 6.45) is 81.2. The predicted molar refractivity (Wildman–Crippen MR) is 316 cm³/mol. The van der Waals surface area contributed by atoms with Crippen LogP contribution in [0.5, 0.6) is 0 Å². The minimum Gasteiger partial charge on any atom is -0.462 e. The summed E-state index contributed by atoms with van der Waals surface area (Å²) in [5.41, 5.74) is 0. The Morgan fingerprint density at radius 3 is 0.863 bits per heavy atom. The van der Waals surface area contributed by atoms with Crippen LogP contribution < -0.4 is 0 Å². The van der Waals surface area contributed by atoms with E-state index in [1.54, 1.807) is 0 Å². The molecule has 0 aliphatic rings. The molecule has 6 heteroatoms. The zero-order valence-electron chi connectivity index (χ0n) is 47.9. The number of ether oxygens (including phenoxy) is 3. The molecule has 6 nitrogen and oxygen atoms in total. The third-order valence-corrected chi connectivity index (χ3v) is 13.0. The van der Waals surface area contributed by atoms with Gasteiger partial charge in [-0.3, -0.25) is 14.4 Å². The summed E-state index contributed by atoms with van der Waals surface area (Å²) in [6.45, 7) is 6.53. The Hall–Kier alpha value is -3.67. The normalized spacial score (nSPS) is 12.8. The number of allylic oxidation sites excluding steroid dienone is 16. The van der Waals surface area contributed by atoms with E-state index in [2.05, 4.69) is 118 Å². The molecule has 0 aromatic rings. The summed E-state index contributed by atoms with van der Waals surface area (Å²) in [6, 6.07) is 0. The molecule has 0 spiro atoms. The van der Waals surface area contributed by atoms with Crippen LogP contribution in [0, 0.1) is 0 Å². The second kappa shape index (κ2) is 60.9. The molecule has 0 bridgehead atoms. The van der Waals surface area contributed by atoms with Gasteiger partial charge in [0.05, 0.1) is 0 Å². The largest absolute Gasteiger partial charge is 0.462 e. The van der Waals surface area contributed by atoms with Gasteiger partial charge in [-0.25, -0.2) is 0 Å². The Morgan fingerprint density at radius 1 is 0.274 bits per heavy atom. The van der Waals surface area contributed by atoms with Gasteiger partial charge in [0.1, 0.15) is 13.2 Å². The van der Waals surface area contributed by atoms with Crippen LogP contribution in [-0.2, 0) is 28.6 Å². The average molecular weight is 1020 g/mol. The highest BCUT2D eigenvalue weighted by molar-refractivity contribution is 5.71. The first kappa shape index (κ1) is 69.3. The molecule has 0 aromatic heterocycles. The Bertz CT molecular complexity index is 1440. The number of rotatable bonds is 55. The van der Waals surface area contributed by atoms with Gasteiger partial charge in [-0.05, 0) is 122 Å². The molecule has 73 heavy (non-hydrogen) atoms. The van der Waals surface area contributed by atoms with Crippen molar-refractivity contribution in [1.29, 1.82) is 0 Å². The molecule has 0 N–H and O–H groups in total. The molecule has 0 radical (unpaired) electrons. The third kappa shape index (κ3) is 59.1.